The Kier molecular flexibility index (Phi) is 4.87. The number of benzene rings is 2. The number of halogens is 1. The van der Waals surface area contributed by atoms with E-state index in [-0.39, 0.29) is 24.2 Å². The number of nitrogens with two attached hydrogens (primary N) is 1. The van der Waals surface area contributed by atoms with Crippen molar-refractivity contribution in [2.75, 3.05) is 18.2 Å². The van der Waals surface area contributed by atoms with E-state index in [9.17, 15) is 9.18 Å². The van der Waals surface area contributed by atoms with E-state index in [1.54, 1.807) is 19.2 Å². The van der Waals surface area contributed by atoms with Gasteiger partial charge in [-0.25, -0.2) is 9.37 Å². The number of nitrogen functional groups attached to an aromatic ring is 1. The fourth-order valence-corrected chi connectivity index (χ4v) is 4.09. The number of aromatic nitrogens is 1. The van der Waals surface area contributed by atoms with E-state index in [4.69, 9.17) is 15.2 Å². The molecule has 0 saturated heterocycles. The van der Waals surface area contributed by atoms with Gasteiger partial charge in [-0.05, 0) is 35.4 Å². The van der Waals surface area contributed by atoms with Gasteiger partial charge in [0.25, 0.3) is 0 Å². The molecule has 144 valence electrons. The number of ether oxygens (including phenoxy) is 2. The molecule has 4 rings (SSSR count). The molecule has 3 aromatic rings. The Labute approximate surface area is 165 Å². The average molecular weight is 399 g/mol. The van der Waals surface area contributed by atoms with E-state index in [0.717, 1.165) is 16.0 Å². The highest BCUT2D eigenvalue weighted by Crippen LogP contribution is 2.43. The highest BCUT2D eigenvalue weighted by atomic mass is 32.1. The minimum absolute atomic E-state index is 0.104. The highest BCUT2D eigenvalue weighted by Gasteiger charge is 2.30. The summed E-state index contributed by atoms with van der Waals surface area (Å²) in [5.41, 5.74) is 7.58. The summed E-state index contributed by atoms with van der Waals surface area (Å²) in [6, 6.07) is 11.7. The fraction of sp³-hybridized carbons (Fsp3) is 0.200. The smallest absolute Gasteiger partial charge is 0.226 e. The van der Waals surface area contributed by atoms with Crippen molar-refractivity contribution in [3.8, 4) is 11.5 Å². The number of nitrogens with zero attached hydrogens (tertiary/aromatic N) is 1. The summed E-state index contributed by atoms with van der Waals surface area (Å²) in [7, 11) is 1.57. The van der Waals surface area contributed by atoms with E-state index in [2.05, 4.69) is 10.3 Å². The van der Waals surface area contributed by atoms with Crippen molar-refractivity contribution in [1.29, 1.82) is 0 Å². The summed E-state index contributed by atoms with van der Waals surface area (Å²) in [4.78, 5) is 17.2. The Morgan fingerprint density at radius 3 is 2.79 bits per heavy atom. The van der Waals surface area contributed by atoms with Crippen LogP contribution in [-0.4, -0.2) is 18.0 Å². The highest BCUT2D eigenvalue weighted by molar-refractivity contribution is 7.16. The first-order chi connectivity index (χ1) is 13.5. The number of nitrogens with one attached hydrogen (secondary N) is 1. The van der Waals surface area contributed by atoms with Gasteiger partial charge >= 0.3 is 0 Å². The number of rotatable bonds is 5. The Morgan fingerprint density at radius 1 is 1.25 bits per heavy atom. The quantitative estimate of drug-likeness (QED) is 0.679. The largest absolute Gasteiger partial charge is 0.493 e. The molecule has 28 heavy (non-hydrogen) atoms. The molecule has 1 aliphatic heterocycles. The Hall–Kier alpha value is -3.13. The minimum Gasteiger partial charge on any atom is -0.493 e. The number of anilines is 2. The third-order valence-electron chi connectivity index (χ3n) is 4.53. The van der Waals surface area contributed by atoms with Crippen molar-refractivity contribution in [3.05, 3.63) is 64.3 Å². The van der Waals surface area contributed by atoms with Crippen molar-refractivity contribution in [1.82, 2.24) is 4.98 Å². The third kappa shape index (κ3) is 3.63. The second-order valence-electron chi connectivity index (χ2n) is 6.40. The van der Waals surface area contributed by atoms with Gasteiger partial charge in [-0.15, -0.1) is 0 Å². The first kappa shape index (κ1) is 18.2. The Bertz CT molecular complexity index is 1020. The summed E-state index contributed by atoms with van der Waals surface area (Å²) in [5.74, 6) is 1.10. The van der Waals surface area contributed by atoms with Crippen LogP contribution in [0, 0.1) is 5.82 Å². The number of thiazole rings is 1. The van der Waals surface area contributed by atoms with Gasteiger partial charge in [0.1, 0.15) is 18.2 Å². The Morgan fingerprint density at radius 2 is 2.04 bits per heavy atom. The molecule has 1 aromatic heterocycles. The van der Waals surface area contributed by atoms with E-state index in [1.165, 1.54) is 23.5 Å². The molecule has 0 unspecified atom stereocenters. The second-order valence-corrected chi connectivity index (χ2v) is 7.46. The van der Waals surface area contributed by atoms with Crippen molar-refractivity contribution in [3.63, 3.8) is 0 Å². The van der Waals surface area contributed by atoms with E-state index < -0.39 is 0 Å². The molecule has 0 bridgehead atoms. The van der Waals surface area contributed by atoms with Crippen molar-refractivity contribution in [2.24, 2.45) is 0 Å². The molecule has 2 heterocycles. The first-order valence-electron chi connectivity index (χ1n) is 8.64. The zero-order valence-electron chi connectivity index (χ0n) is 15.1. The maximum absolute atomic E-state index is 13.1. The predicted octanol–water partition coefficient (Wildman–Crippen LogP) is 3.93. The van der Waals surface area contributed by atoms with Crippen LogP contribution in [0.4, 0.5) is 15.3 Å². The van der Waals surface area contributed by atoms with Crippen LogP contribution >= 0.6 is 11.3 Å². The molecular formula is C20H18FN3O3S. The molecule has 1 amide bonds. The molecule has 1 atom stereocenters. The number of hydrogen-bond donors (Lipinski definition) is 2. The van der Waals surface area contributed by atoms with Gasteiger partial charge in [0, 0.05) is 12.3 Å². The normalized spacial score (nSPS) is 15.6. The molecule has 6 nitrogen and oxygen atoms in total. The third-order valence-corrected chi connectivity index (χ3v) is 5.53. The topological polar surface area (TPSA) is 86.5 Å². The molecule has 3 N–H and O–H groups in total. The zero-order chi connectivity index (χ0) is 19.7. The Balaban J connectivity index is 1.63. The number of carbonyl (C=O) groups is 1. The molecular weight excluding hydrogens is 381 g/mol. The van der Waals surface area contributed by atoms with Crippen molar-refractivity contribution < 1.29 is 18.7 Å². The van der Waals surface area contributed by atoms with Crippen LogP contribution in [0.5, 0.6) is 11.5 Å². The first-order valence-corrected chi connectivity index (χ1v) is 9.46. The predicted molar refractivity (Wildman–Crippen MR) is 105 cm³/mol. The second kappa shape index (κ2) is 7.47. The molecule has 2 aromatic carbocycles. The lowest BCUT2D eigenvalue weighted by Crippen LogP contribution is -2.22. The van der Waals surface area contributed by atoms with Gasteiger partial charge in [0.2, 0.25) is 5.91 Å². The lowest BCUT2D eigenvalue weighted by atomic mass is 9.91. The molecule has 0 spiro atoms. The van der Waals surface area contributed by atoms with Gasteiger partial charge in [-0.3, -0.25) is 4.79 Å². The van der Waals surface area contributed by atoms with Gasteiger partial charge in [-0.2, -0.15) is 0 Å². The van der Waals surface area contributed by atoms with Crippen LogP contribution in [0.3, 0.4) is 0 Å². The molecule has 0 fully saturated rings. The lowest BCUT2D eigenvalue weighted by molar-refractivity contribution is -0.116. The summed E-state index contributed by atoms with van der Waals surface area (Å²) < 4.78 is 24.4. The maximum Gasteiger partial charge on any atom is 0.226 e. The van der Waals surface area contributed by atoms with E-state index >= 15 is 0 Å². The van der Waals surface area contributed by atoms with Crippen LogP contribution in [0.25, 0.3) is 0 Å². The minimum atomic E-state index is -0.293. The van der Waals surface area contributed by atoms with Crippen LogP contribution in [0.1, 0.15) is 28.3 Å². The monoisotopic (exact) mass is 399 g/mol. The summed E-state index contributed by atoms with van der Waals surface area (Å²) in [5, 5.41) is 3.18. The number of carbonyl (C=O) groups excluding carboxylic acids is 1. The lowest BCUT2D eigenvalue weighted by Gasteiger charge is -2.22. The van der Waals surface area contributed by atoms with Crippen LogP contribution in [-0.2, 0) is 11.4 Å². The number of fused-ring (bicyclic) bond motifs is 1. The SMILES string of the molecule is COc1ccc([C@@H]2CC(=O)Nc3nc(N)sc32)cc1OCc1ccc(F)cc1. The van der Waals surface area contributed by atoms with Gasteiger partial charge in [-0.1, -0.05) is 29.5 Å². The van der Waals surface area contributed by atoms with Crippen LogP contribution < -0.4 is 20.5 Å². The van der Waals surface area contributed by atoms with Crippen molar-refractivity contribution >= 4 is 28.2 Å². The summed E-state index contributed by atoms with van der Waals surface area (Å²) >= 11 is 1.37. The van der Waals surface area contributed by atoms with Crippen molar-refractivity contribution in [2.45, 2.75) is 18.9 Å². The molecule has 0 aliphatic carbocycles. The summed E-state index contributed by atoms with van der Waals surface area (Å²) in [6.45, 7) is 0.268. The van der Waals surface area contributed by atoms with Crippen LogP contribution in [0.15, 0.2) is 42.5 Å². The number of methoxy groups -OCH3 is 1. The van der Waals surface area contributed by atoms with E-state index in [0.29, 0.717) is 28.9 Å². The summed E-state index contributed by atoms with van der Waals surface area (Å²) in [6.07, 6.45) is 0.304. The van der Waals surface area contributed by atoms with Gasteiger partial charge in [0.05, 0.1) is 12.0 Å². The van der Waals surface area contributed by atoms with Gasteiger partial charge < -0.3 is 20.5 Å². The average Bonchev–Trinajstić information content (AvgIpc) is 3.06. The fourth-order valence-electron chi connectivity index (χ4n) is 3.17. The number of amides is 1. The maximum atomic E-state index is 13.1. The van der Waals surface area contributed by atoms with Gasteiger partial charge in [0.15, 0.2) is 16.6 Å². The van der Waals surface area contributed by atoms with Crippen LogP contribution in [0.2, 0.25) is 0 Å². The molecule has 8 heteroatoms. The van der Waals surface area contributed by atoms with E-state index in [1.807, 2.05) is 18.2 Å². The number of hydrogen-bond acceptors (Lipinski definition) is 6. The zero-order valence-corrected chi connectivity index (χ0v) is 15.9. The molecule has 0 saturated carbocycles. The molecule has 1 aliphatic rings. The standard InChI is InChI=1S/C20H18FN3O3S/c1-26-15-7-4-12(8-16(15)27-10-11-2-5-13(21)6-3-11)14-9-17(25)23-19-18(14)28-20(22)24-19/h2-8,14H,9-10H2,1H3,(H2,22,24)(H,23,25)/t14-/m0/s1. The molecule has 0 radical (unpaired) electrons.